The van der Waals surface area contributed by atoms with Gasteiger partial charge in [-0.1, -0.05) is 0 Å². The maximum atomic E-state index is 11.7. The summed E-state index contributed by atoms with van der Waals surface area (Å²) in [6.45, 7) is 10.1. The van der Waals surface area contributed by atoms with E-state index in [9.17, 15) is 4.79 Å². The third kappa shape index (κ3) is 4.26. The third-order valence-electron chi connectivity index (χ3n) is 2.17. The predicted molar refractivity (Wildman–Crippen MR) is 62.5 cm³/mol. The Hall–Kier alpha value is -0.480. The van der Waals surface area contributed by atoms with Gasteiger partial charge in [-0.2, -0.15) is 0 Å². The molecule has 1 aliphatic heterocycles. The summed E-state index contributed by atoms with van der Waals surface area (Å²) in [6.07, 6.45) is -0.202. The minimum absolute atomic E-state index is 0. The smallest absolute Gasteiger partial charge is 0.410 e. The van der Waals surface area contributed by atoms with E-state index in [0.717, 1.165) is 13.1 Å². The Labute approximate surface area is 97.8 Å². The van der Waals surface area contributed by atoms with E-state index in [4.69, 9.17) is 4.74 Å². The molecule has 0 bridgehead atoms. The second kappa shape index (κ2) is 5.56. The second-order valence-electron chi connectivity index (χ2n) is 4.58. The molecule has 0 atom stereocenters. The van der Waals surface area contributed by atoms with Gasteiger partial charge in [-0.15, -0.1) is 12.4 Å². The molecule has 1 aliphatic rings. The minimum Gasteiger partial charge on any atom is -0.444 e. The number of hydrogen-bond donors (Lipinski definition) is 1. The largest absolute Gasteiger partial charge is 0.444 e. The number of ether oxygens (including phenoxy) is 1. The van der Waals surface area contributed by atoms with E-state index < -0.39 is 5.60 Å². The van der Waals surface area contributed by atoms with Gasteiger partial charge in [0.1, 0.15) is 5.60 Å². The average molecular weight is 237 g/mol. The van der Waals surface area contributed by atoms with Crippen molar-refractivity contribution < 1.29 is 9.53 Å². The van der Waals surface area contributed by atoms with Gasteiger partial charge in [-0.05, 0) is 27.7 Å². The highest BCUT2D eigenvalue weighted by Crippen LogP contribution is 2.13. The number of likely N-dealkylation sites (N-methyl/N-ethyl adjacent to an activating group) is 1. The Kier molecular flexibility index (Phi) is 5.38. The van der Waals surface area contributed by atoms with Crippen LogP contribution in [-0.4, -0.2) is 42.3 Å². The Morgan fingerprint density at radius 2 is 2.00 bits per heavy atom. The molecule has 0 aromatic rings. The first-order valence-corrected chi connectivity index (χ1v) is 5.14. The quantitative estimate of drug-likeness (QED) is 0.793. The lowest BCUT2D eigenvalue weighted by atomic mass is 10.1. The lowest BCUT2D eigenvalue weighted by molar-refractivity contribution is 0.0119. The molecule has 1 saturated heterocycles. The number of hydrogen-bond acceptors (Lipinski definition) is 3. The molecule has 0 saturated carbocycles. The molecule has 0 radical (unpaired) electrons. The zero-order valence-corrected chi connectivity index (χ0v) is 10.7. The molecule has 4 nitrogen and oxygen atoms in total. The predicted octanol–water partition coefficient (Wildman–Crippen LogP) is 1.64. The highest BCUT2D eigenvalue weighted by Gasteiger charge is 2.30. The number of carbonyl (C=O) groups is 1. The zero-order chi connectivity index (χ0) is 10.8. The number of nitrogens with zero attached hydrogens (tertiary/aromatic N) is 1. The molecular formula is C10H21ClN2O2. The van der Waals surface area contributed by atoms with Crippen molar-refractivity contribution in [3.8, 4) is 0 Å². The van der Waals surface area contributed by atoms with Crippen molar-refractivity contribution in [3.63, 3.8) is 0 Å². The lowest BCUT2D eigenvalue weighted by Gasteiger charge is -2.38. The fraction of sp³-hybridized carbons (Fsp3) is 0.900. The molecule has 5 heteroatoms. The molecule has 1 N–H and O–H groups in total. The molecular weight excluding hydrogens is 216 g/mol. The van der Waals surface area contributed by atoms with Crippen molar-refractivity contribution in [2.75, 3.05) is 19.6 Å². The normalized spacial score (nSPS) is 16.3. The molecule has 1 heterocycles. The average Bonchev–Trinajstić information content (AvgIpc) is 1.92. The highest BCUT2D eigenvalue weighted by atomic mass is 35.5. The molecule has 1 rings (SSSR count). The van der Waals surface area contributed by atoms with Crippen LogP contribution in [0, 0.1) is 0 Å². The number of halogens is 1. The van der Waals surface area contributed by atoms with Gasteiger partial charge >= 0.3 is 6.09 Å². The first-order valence-electron chi connectivity index (χ1n) is 5.14. The van der Waals surface area contributed by atoms with E-state index in [1.807, 2.05) is 27.7 Å². The fourth-order valence-electron chi connectivity index (χ4n) is 1.35. The third-order valence-corrected chi connectivity index (χ3v) is 2.17. The molecule has 1 amide bonds. The number of nitrogens with one attached hydrogen (secondary N) is 1. The Morgan fingerprint density at radius 3 is 2.27 bits per heavy atom. The molecule has 0 spiro atoms. The van der Waals surface area contributed by atoms with E-state index in [0.29, 0.717) is 12.6 Å². The second-order valence-corrected chi connectivity index (χ2v) is 4.58. The standard InChI is InChI=1S/C10H20N2O2.ClH/c1-5-12(8-6-11-7-8)9(13)14-10(2,3)4;/h8,11H,5-7H2,1-4H3;1H. The Balaban J connectivity index is 0.00000196. The molecule has 1 fully saturated rings. The van der Waals surface area contributed by atoms with E-state index in [1.165, 1.54) is 0 Å². The summed E-state index contributed by atoms with van der Waals surface area (Å²) >= 11 is 0. The first-order chi connectivity index (χ1) is 6.44. The maximum Gasteiger partial charge on any atom is 0.410 e. The SMILES string of the molecule is CCN(C(=O)OC(C)(C)C)C1CNC1.Cl. The van der Waals surface area contributed by atoms with Gasteiger partial charge in [-0.3, -0.25) is 0 Å². The van der Waals surface area contributed by atoms with Gasteiger partial charge in [0.15, 0.2) is 0 Å². The first kappa shape index (κ1) is 14.5. The van der Waals surface area contributed by atoms with Crippen molar-refractivity contribution in [2.45, 2.75) is 39.3 Å². The van der Waals surface area contributed by atoms with Crippen molar-refractivity contribution in [3.05, 3.63) is 0 Å². The van der Waals surface area contributed by atoms with E-state index in [-0.39, 0.29) is 18.5 Å². The van der Waals surface area contributed by atoms with Crippen molar-refractivity contribution in [1.29, 1.82) is 0 Å². The topological polar surface area (TPSA) is 41.6 Å². The van der Waals surface area contributed by atoms with Gasteiger partial charge in [-0.25, -0.2) is 4.79 Å². The van der Waals surface area contributed by atoms with Gasteiger partial charge in [0.2, 0.25) is 0 Å². The number of carbonyl (C=O) groups excluding carboxylic acids is 1. The summed E-state index contributed by atoms with van der Waals surface area (Å²) in [7, 11) is 0. The summed E-state index contributed by atoms with van der Waals surface area (Å²) in [6, 6.07) is 0.315. The molecule has 0 aromatic heterocycles. The molecule has 15 heavy (non-hydrogen) atoms. The molecule has 0 unspecified atom stereocenters. The number of amides is 1. The van der Waals surface area contributed by atoms with Gasteiger partial charge < -0.3 is 15.0 Å². The highest BCUT2D eigenvalue weighted by molar-refractivity contribution is 5.85. The summed E-state index contributed by atoms with van der Waals surface area (Å²) < 4.78 is 5.31. The van der Waals surface area contributed by atoms with E-state index in [2.05, 4.69) is 5.32 Å². The lowest BCUT2D eigenvalue weighted by Crippen LogP contribution is -2.59. The summed E-state index contributed by atoms with van der Waals surface area (Å²) in [5, 5.41) is 3.14. The van der Waals surface area contributed by atoms with Crippen LogP contribution in [0.15, 0.2) is 0 Å². The van der Waals surface area contributed by atoms with Crippen LogP contribution in [0.25, 0.3) is 0 Å². The molecule has 0 aliphatic carbocycles. The van der Waals surface area contributed by atoms with Crippen LogP contribution in [0.2, 0.25) is 0 Å². The zero-order valence-electron chi connectivity index (χ0n) is 9.87. The molecule has 0 aromatic carbocycles. The monoisotopic (exact) mass is 236 g/mol. The number of rotatable bonds is 2. The summed E-state index contributed by atoms with van der Waals surface area (Å²) in [5.41, 5.74) is -0.401. The maximum absolute atomic E-state index is 11.7. The molecule has 90 valence electrons. The van der Waals surface area contributed by atoms with Crippen molar-refractivity contribution in [2.24, 2.45) is 0 Å². The van der Waals surface area contributed by atoms with Crippen LogP contribution in [-0.2, 0) is 4.74 Å². The van der Waals surface area contributed by atoms with Crippen LogP contribution >= 0.6 is 12.4 Å². The summed E-state index contributed by atoms with van der Waals surface area (Å²) in [5.74, 6) is 0. The van der Waals surface area contributed by atoms with Gasteiger partial charge in [0.25, 0.3) is 0 Å². The fourth-order valence-corrected chi connectivity index (χ4v) is 1.35. The van der Waals surface area contributed by atoms with Crippen LogP contribution in [0.1, 0.15) is 27.7 Å². The van der Waals surface area contributed by atoms with Gasteiger partial charge in [0, 0.05) is 19.6 Å². The van der Waals surface area contributed by atoms with Crippen LogP contribution in [0.5, 0.6) is 0 Å². The van der Waals surface area contributed by atoms with E-state index in [1.54, 1.807) is 4.90 Å². The Morgan fingerprint density at radius 1 is 1.47 bits per heavy atom. The van der Waals surface area contributed by atoms with Crippen LogP contribution in [0.4, 0.5) is 4.79 Å². The van der Waals surface area contributed by atoms with Crippen LogP contribution < -0.4 is 5.32 Å². The van der Waals surface area contributed by atoms with Gasteiger partial charge in [0.05, 0.1) is 6.04 Å². The van der Waals surface area contributed by atoms with E-state index >= 15 is 0 Å². The minimum atomic E-state index is -0.401. The summed E-state index contributed by atoms with van der Waals surface area (Å²) in [4.78, 5) is 13.5. The van der Waals surface area contributed by atoms with Crippen molar-refractivity contribution >= 4 is 18.5 Å². The Bertz CT molecular complexity index is 212. The van der Waals surface area contributed by atoms with Crippen LogP contribution in [0.3, 0.4) is 0 Å². The van der Waals surface area contributed by atoms with Crippen molar-refractivity contribution in [1.82, 2.24) is 10.2 Å².